The normalized spacial score (nSPS) is 11.7. The van der Waals surface area contributed by atoms with Gasteiger partial charge in [-0.2, -0.15) is 5.10 Å². The molecule has 7 heteroatoms. The summed E-state index contributed by atoms with van der Waals surface area (Å²) in [5, 5.41) is 15.9. The second-order valence-electron chi connectivity index (χ2n) is 5.28. The summed E-state index contributed by atoms with van der Waals surface area (Å²) in [4.78, 5) is 23.8. The summed E-state index contributed by atoms with van der Waals surface area (Å²) in [7, 11) is 0. The van der Waals surface area contributed by atoms with Gasteiger partial charge in [0.1, 0.15) is 5.82 Å². The molecule has 25 heavy (non-hydrogen) atoms. The molecule has 3 rings (SSSR count). The molecule has 0 saturated heterocycles. The molecule has 1 atom stereocenters. The number of aromatic nitrogens is 2. The Morgan fingerprint density at radius 1 is 1.08 bits per heavy atom. The molecule has 0 saturated carbocycles. The Morgan fingerprint density at radius 2 is 1.84 bits per heavy atom. The second kappa shape index (κ2) is 6.96. The highest BCUT2D eigenvalue weighted by atomic mass is 19.1. The minimum Gasteiger partial charge on any atom is -0.479 e. The fourth-order valence-corrected chi connectivity index (χ4v) is 2.35. The van der Waals surface area contributed by atoms with Crippen LogP contribution >= 0.6 is 0 Å². The number of hydrogen-bond donors (Lipinski definition) is 2. The lowest BCUT2D eigenvalue weighted by atomic mass is 10.1. The molecule has 6 nitrogen and oxygen atoms in total. The zero-order valence-corrected chi connectivity index (χ0v) is 13.0. The average molecular weight is 339 g/mol. The van der Waals surface area contributed by atoms with E-state index in [1.54, 1.807) is 36.4 Å². The number of benzene rings is 2. The Kier molecular flexibility index (Phi) is 4.56. The van der Waals surface area contributed by atoms with E-state index >= 15 is 0 Å². The van der Waals surface area contributed by atoms with Gasteiger partial charge in [0.05, 0.1) is 5.69 Å². The number of rotatable bonds is 5. The summed E-state index contributed by atoms with van der Waals surface area (Å²) >= 11 is 0. The van der Waals surface area contributed by atoms with Crippen molar-refractivity contribution in [3.05, 3.63) is 83.9 Å². The van der Waals surface area contributed by atoms with Crippen molar-refractivity contribution in [3.63, 3.8) is 0 Å². The van der Waals surface area contributed by atoms with Crippen molar-refractivity contribution in [2.75, 3.05) is 0 Å². The molecule has 2 aromatic carbocycles. The predicted octanol–water partition coefficient (Wildman–Crippen LogP) is 2.57. The molecule has 0 unspecified atom stereocenters. The van der Waals surface area contributed by atoms with Gasteiger partial charge >= 0.3 is 5.97 Å². The molecule has 1 amide bonds. The number of aliphatic carboxylic acids is 1. The van der Waals surface area contributed by atoms with Gasteiger partial charge in [0.25, 0.3) is 5.91 Å². The van der Waals surface area contributed by atoms with Crippen LogP contribution in [0.4, 0.5) is 4.39 Å². The topological polar surface area (TPSA) is 84.2 Å². The standard InChI is InChI=1S/C18H14FN3O3/c19-13-7-4-8-14(11-13)22-10-9-15(21-22)17(23)20-16(18(24)25)12-5-2-1-3-6-12/h1-11,16H,(H,20,23)(H,24,25)/t16-/m1/s1. The van der Waals surface area contributed by atoms with E-state index in [1.165, 1.54) is 35.1 Å². The number of carbonyl (C=O) groups excluding carboxylic acids is 1. The number of nitrogens with one attached hydrogen (secondary N) is 1. The van der Waals surface area contributed by atoms with Crippen LogP contribution in [0.1, 0.15) is 22.1 Å². The van der Waals surface area contributed by atoms with Gasteiger partial charge in [0, 0.05) is 6.20 Å². The summed E-state index contributed by atoms with van der Waals surface area (Å²) in [5.74, 6) is -2.23. The predicted molar refractivity (Wildman–Crippen MR) is 87.8 cm³/mol. The maximum Gasteiger partial charge on any atom is 0.330 e. The number of halogens is 1. The monoisotopic (exact) mass is 339 g/mol. The zero-order valence-electron chi connectivity index (χ0n) is 13.0. The van der Waals surface area contributed by atoms with Gasteiger partial charge in [-0.05, 0) is 29.8 Å². The highest BCUT2D eigenvalue weighted by molar-refractivity contribution is 5.95. The van der Waals surface area contributed by atoms with Crippen molar-refractivity contribution in [2.45, 2.75) is 6.04 Å². The number of carbonyl (C=O) groups is 2. The molecule has 126 valence electrons. The second-order valence-corrected chi connectivity index (χ2v) is 5.28. The van der Waals surface area contributed by atoms with E-state index in [4.69, 9.17) is 0 Å². The molecule has 0 spiro atoms. The lowest BCUT2D eigenvalue weighted by Gasteiger charge is -2.13. The van der Waals surface area contributed by atoms with Crippen molar-refractivity contribution in [2.24, 2.45) is 0 Å². The van der Waals surface area contributed by atoms with Gasteiger partial charge in [0.15, 0.2) is 11.7 Å². The third-order valence-electron chi connectivity index (χ3n) is 3.55. The number of nitrogens with zero attached hydrogens (tertiary/aromatic N) is 2. The fourth-order valence-electron chi connectivity index (χ4n) is 2.35. The number of carboxylic acid groups (broad SMARTS) is 1. The van der Waals surface area contributed by atoms with Crippen molar-refractivity contribution < 1.29 is 19.1 Å². The van der Waals surface area contributed by atoms with Gasteiger partial charge in [0.2, 0.25) is 0 Å². The van der Waals surface area contributed by atoms with Crippen LogP contribution in [-0.2, 0) is 4.79 Å². The largest absolute Gasteiger partial charge is 0.479 e. The lowest BCUT2D eigenvalue weighted by molar-refractivity contribution is -0.139. The molecule has 0 bridgehead atoms. The molecule has 0 aliphatic rings. The van der Waals surface area contributed by atoms with Crippen LogP contribution in [0, 0.1) is 5.82 Å². The number of amides is 1. The van der Waals surface area contributed by atoms with Crippen LogP contribution < -0.4 is 5.32 Å². The first-order valence-electron chi connectivity index (χ1n) is 7.45. The van der Waals surface area contributed by atoms with Crippen molar-refractivity contribution in [1.82, 2.24) is 15.1 Å². The molecular formula is C18H14FN3O3. The molecule has 1 heterocycles. The minimum atomic E-state index is -1.19. The van der Waals surface area contributed by atoms with Gasteiger partial charge in [-0.3, -0.25) is 4.79 Å². The number of hydrogen-bond acceptors (Lipinski definition) is 3. The van der Waals surface area contributed by atoms with Crippen molar-refractivity contribution in [3.8, 4) is 5.69 Å². The van der Waals surface area contributed by atoms with E-state index in [-0.39, 0.29) is 5.69 Å². The quantitative estimate of drug-likeness (QED) is 0.748. The van der Waals surface area contributed by atoms with E-state index in [1.807, 2.05) is 0 Å². The van der Waals surface area contributed by atoms with Crippen LogP contribution in [0.15, 0.2) is 66.9 Å². The minimum absolute atomic E-state index is 0.0337. The van der Waals surface area contributed by atoms with Crippen LogP contribution in [0.3, 0.4) is 0 Å². The van der Waals surface area contributed by atoms with Gasteiger partial charge in [-0.15, -0.1) is 0 Å². The molecule has 3 aromatic rings. The third-order valence-corrected chi connectivity index (χ3v) is 3.55. The summed E-state index contributed by atoms with van der Waals surface area (Å²) < 4.78 is 14.6. The van der Waals surface area contributed by atoms with E-state index in [0.29, 0.717) is 11.3 Å². The van der Waals surface area contributed by atoms with Gasteiger partial charge in [-0.1, -0.05) is 36.4 Å². The molecular weight excluding hydrogens is 325 g/mol. The summed E-state index contributed by atoms with van der Waals surface area (Å²) in [6, 6.07) is 14.4. The highest BCUT2D eigenvalue weighted by Gasteiger charge is 2.23. The van der Waals surface area contributed by atoms with Gasteiger partial charge < -0.3 is 10.4 Å². The number of carboxylic acids is 1. The lowest BCUT2D eigenvalue weighted by Crippen LogP contribution is -2.34. The van der Waals surface area contributed by atoms with Gasteiger partial charge in [-0.25, -0.2) is 13.9 Å². The molecule has 2 N–H and O–H groups in total. The SMILES string of the molecule is O=C(N[C@@H](C(=O)O)c1ccccc1)c1ccn(-c2cccc(F)c2)n1. The zero-order chi connectivity index (χ0) is 17.8. The Balaban J connectivity index is 1.80. The summed E-state index contributed by atoms with van der Waals surface area (Å²) in [6.07, 6.45) is 1.50. The Bertz CT molecular complexity index is 909. The Morgan fingerprint density at radius 3 is 2.52 bits per heavy atom. The maximum absolute atomic E-state index is 13.3. The molecule has 0 aliphatic heterocycles. The van der Waals surface area contributed by atoms with E-state index in [0.717, 1.165) is 0 Å². The first-order valence-corrected chi connectivity index (χ1v) is 7.45. The Labute approximate surface area is 142 Å². The third kappa shape index (κ3) is 3.72. The first kappa shape index (κ1) is 16.4. The highest BCUT2D eigenvalue weighted by Crippen LogP contribution is 2.14. The summed E-state index contributed by atoms with van der Waals surface area (Å²) in [6.45, 7) is 0. The van der Waals surface area contributed by atoms with Crippen LogP contribution in [0.5, 0.6) is 0 Å². The van der Waals surface area contributed by atoms with Crippen molar-refractivity contribution >= 4 is 11.9 Å². The first-order chi connectivity index (χ1) is 12.0. The van der Waals surface area contributed by atoms with Crippen LogP contribution in [-0.4, -0.2) is 26.8 Å². The van der Waals surface area contributed by atoms with E-state index < -0.39 is 23.7 Å². The van der Waals surface area contributed by atoms with E-state index in [2.05, 4.69) is 10.4 Å². The molecule has 0 aliphatic carbocycles. The summed E-state index contributed by atoms with van der Waals surface area (Å²) in [5.41, 5.74) is 0.941. The van der Waals surface area contributed by atoms with Crippen LogP contribution in [0.2, 0.25) is 0 Å². The molecule has 1 aromatic heterocycles. The van der Waals surface area contributed by atoms with Crippen molar-refractivity contribution in [1.29, 1.82) is 0 Å². The maximum atomic E-state index is 13.3. The van der Waals surface area contributed by atoms with Crippen LogP contribution in [0.25, 0.3) is 5.69 Å². The average Bonchev–Trinajstić information content (AvgIpc) is 3.10. The smallest absolute Gasteiger partial charge is 0.330 e. The fraction of sp³-hybridized carbons (Fsp3) is 0.0556. The molecule has 0 radical (unpaired) electrons. The Hall–Kier alpha value is -3.48. The molecule has 0 fully saturated rings. The van der Waals surface area contributed by atoms with E-state index in [9.17, 15) is 19.1 Å².